The quantitative estimate of drug-likeness (QED) is 0.0360. The number of rotatable bonds is 14. The Morgan fingerprint density at radius 3 is 1.57 bits per heavy atom. The first kappa shape index (κ1) is 39.3. The molecule has 7 rings (SSSR count). The van der Waals surface area contributed by atoms with Gasteiger partial charge in [-0.2, -0.15) is 0 Å². The van der Waals surface area contributed by atoms with E-state index in [-0.39, 0.29) is 39.9 Å². The molecule has 0 aliphatic carbocycles. The Hall–Kier alpha value is -4.91. The van der Waals surface area contributed by atoms with Gasteiger partial charge < -0.3 is 9.13 Å². The van der Waals surface area contributed by atoms with Crippen LogP contribution in [0, 0.1) is 31.3 Å². The van der Waals surface area contributed by atoms with Crippen LogP contribution in [0.4, 0.5) is 13.2 Å². The first-order chi connectivity index (χ1) is 26.8. The van der Waals surface area contributed by atoms with Crippen LogP contribution in [0.5, 0.6) is 0 Å². The number of halogens is 3. The highest BCUT2D eigenvalue weighted by Gasteiger charge is 2.29. The third-order valence-corrected chi connectivity index (χ3v) is 14.0. The molecule has 2 atom stereocenters. The minimum Gasteiger partial charge on any atom is -0.334 e. The number of ketones is 2. The van der Waals surface area contributed by atoms with Gasteiger partial charge in [-0.3, -0.25) is 19.2 Å². The van der Waals surface area contributed by atoms with Gasteiger partial charge >= 0.3 is 0 Å². The zero-order valence-electron chi connectivity index (χ0n) is 31.7. The van der Waals surface area contributed by atoms with E-state index in [0.717, 1.165) is 83.6 Å². The number of fused-ring (bicyclic) bond motifs is 7. The van der Waals surface area contributed by atoms with E-state index in [1.807, 2.05) is 12.1 Å². The molecule has 2 aromatic carbocycles. The second-order valence-electron chi connectivity index (χ2n) is 14.3. The van der Waals surface area contributed by atoms with Gasteiger partial charge in [-0.05, 0) is 106 Å². The number of aromatic nitrogens is 2. The Morgan fingerprint density at radius 1 is 0.643 bits per heavy atom. The van der Waals surface area contributed by atoms with E-state index in [0.29, 0.717) is 23.0 Å². The van der Waals surface area contributed by atoms with Gasteiger partial charge in [0.25, 0.3) is 0 Å². The lowest BCUT2D eigenvalue weighted by molar-refractivity contribution is -0.105. The van der Waals surface area contributed by atoms with Crippen molar-refractivity contribution in [1.82, 2.24) is 9.13 Å². The molecule has 0 N–H and O–H groups in total. The third kappa shape index (κ3) is 6.71. The average Bonchev–Trinajstić information content (AvgIpc) is 3.95. The number of carbonyl (C=O) groups is 4. The van der Waals surface area contributed by atoms with Crippen molar-refractivity contribution in [1.29, 1.82) is 0 Å². The molecule has 0 radical (unpaired) electrons. The number of hydrogen-bond donors (Lipinski definition) is 0. The summed E-state index contributed by atoms with van der Waals surface area (Å²) in [6.07, 6.45) is 7.90. The summed E-state index contributed by atoms with van der Waals surface area (Å²) in [5.74, 6) is -3.82. The number of Topliss-reactive ketones (excluding diaryl/α,β-unsaturated/α-hetero) is 2. The van der Waals surface area contributed by atoms with Crippen LogP contribution < -0.4 is 0 Å². The molecule has 0 saturated carbocycles. The van der Waals surface area contributed by atoms with Crippen molar-refractivity contribution in [3.05, 3.63) is 103 Å². The molecule has 0 saturated heterocycles. The second-order valence-corrected chi connectivity index (χ2v) is 17.5. The molecule has 12 heteroatoms. The number of benzene rings is 2. The minimum atomic E-state index is -1.16. The fraction of sp³-hybridized carbons (Fsp3) is 0.273. The van der Waals surface area contributed by atoms with E-state index in [2.05, 4.69) is 36.8 Å². The van der Waals surface area contributed by atoms with Crippen LogP contribution in [-0.4, -0.2) is 33.3 Å². The van der Waals surface area contributed by atoms with Crippen molar-refractivity contribution >= 4 is 111 Å². The molecule has 5 heterocycles. The maximum atomic E-state index is 14.1. The summed E-state index contributed by atoms with van der Waals surface area (Å²) in [6.45, 7) is 11.8. The summed E-state index contributed by atoms with van der Waals surface area (Å²) < 4.78 is 50.8. The summed E-state index contributed by atoms with van der Waals surface area (Å²) in [4.78, 5) is 52.9. The van der Waals surface area contributed by atoms with Crippen molar-refractivity contribution in [2.75, 3.05) is 0 Å². The molecule has 0 fully saturated rings. The van der Waals surface area contributed by atoms with Gasteiger partial charge in [0.1, 0.15) is 5.82 Å². The Morgan fingerprint density at radius 2 is 1.11 bits per heavy atom. The second kappa shape index (κ2) is 15.6. The van der Waals surface area contributed by atoms with Crippen molar-refractivity contribution in [2.45, 2.75) is 79.3 Å². The van der Waals surface area contributed by atoms with Crippen molar-refractivity contribution in [3.8, 4) is 0 Å². The Balaban J connectivity index is 1.42. The average molecular weight is 813 g/mol. The van der Waals surface area contributed by atoms with Gasteiger partial charge in [-0.25, -0.2) is 13.2 Å². The van der Waals surface area contributed by atoms with Crippen molar-refractivity contribution < 1.29 is 32.3 Å². The molecular formula is C44H39F3N2O4S3. The van der Waals surface area contributed by atoms with Crippen LogP contribution in [0.2, 0.25) is 0 Å². The fourth-order valence-electron chi connectivity index (χ4n) is 7.74. The third-order valence-electron chi connectivity index (χ3n) is 10.3. The van der Waals surface area contributed by atoms with Crippen molar-refractivity contribution in [2.24, 2.45) is 0 Å². The first-order valence-corrected chi connectivity index (χ1v) is 20.9. The highest BCUT2D eigenvalue weighted by atomic mass is 32.1. The van der Waals surface area contributed by atoms with Gasteiger partial charge in [-0.1, -0.05) is 26.7 Å². The Kier molecular flexibility index (Phi) is 10.9. The number of nitrogens with zero attached hydrogens (tertiary/aromatic N) is 2. The molecule has 2 unspecified atom stereocenters. The molecule has 56 heavy (non-hydrogen) atoms. The largest absolute Gasteiger partial charge is 0.334 e. The van der Waals surface area contributed by atoms with Gasteiger partial charge in [0.15, 0.2) is 35.8 Å². The first-order valence-electron chi connectivity index (χ1n) is 18.5. The molecular weight excluding hydrogens is 774 g/mol. The lowest BCUT2D eigenvalue weighted by Gasteiger charge is -2.18. The van der Waals surface area contributed by atoms with Gasteiger partial charge in [0.05, 0.1) is 52.0 Å². The maximum Gasteiger partial charge on any atom is 0.196 e. The molecule has 0 amide bonds. The van der Waals surface area contributed by atoms with Crippen molar-refractivity contribution in [3.63, 3.8) is 0 Å². The molecule has 7 aromatic rings. The molecule has 5 aromatic heterocycles. The summed E-state index contributed by atoms with van der Waals surface area (Å²) in [7, 11) is 0. The van der Waals surface area contributed by atoms with E-state index < -0.39 is 29.0 Å². The Bertz CT molecular complexity index is 2810. The topological polar surface area (TPSA) is 78.1 Å². The van der Waals surface area contributed by atoms with E-state index in [4.69, 9.17) is 0 Å². The molecule has 0 aliphatic rings. The predicted octanol–water partition coefficient (Wildman–Crippen LogP) is 12.8. The number of allylic oxidation sites excluding steroid dienone is 2. The summed E-state index contributed by atoms with van der Waals surface area (Å²) in [5, 5.41) is 0. The van der Waals surface area contributed by atoms with Crippen LogP contribution >= 0.6 is 34.0 Å². The molecule has 6 nitrogen and oxygen atoms in total. The number of thiophene rings is 3. The molecule has 0 bridgehead atoms. The standard InChI is InChI=1S/C44H39F3N2O4S3/c1-7-9-24(5)48-35-17-29(15-26(20-50)39(52)31-12-11-28(45)13-22(31)3)54-41(35)43-37(48)38-44(56-43)42-36(49(38)25(6)10-8-2)18-30(55-42)16-27(21-51)40(53)32-19-34(47)33(46)14-23(32)4/h11-21,24-25H,7-10H2,1-6H3/b26-15-,27-16-. The van der Waals surface area contributed by atoms with Gasteiger partial charge in [-0.15, -0.1) is 34.0 Å². The number of hydrogen-bond acceptors (Lipinski definition) is 7. The zero-order chi connectivity index (χ0) is 40.2. The van der Waals surface area contributed by atoms with E-state index >= 15 is 0 Å². The number of aldehydes is 2. The van der Waals surface area contributed by atoms with E-state index in [1.165, 1.54) is 53.9 Å². The highest BCUT2D eigenvalue weighted by Crippen LogP contribution is 2.51. The van der Waals surface area contributed by atoms with E-state index in [9.17, 15) is 32.3 Å². The lowest BCUT2D eigenvalue weighted by atomic mass is 9.99. The van der Waals surface area contributed by atoms with Crippen LogP contribution in [0.1, 0.15) is 107 Å². The molecule has 0 aliphatic heterocycles. The number of aryl methyl sites for hydroxylation is 2. The summed E-state index contributed by atoms with van der Waals surface area (Å²) in [6, 6.07) is 9.96. The lowest BCUT2D eigenvalue weighted by Crippen LogP contribution is -2.08. The Labute approximate surface area is 333 Å². The van der Waals surface area contributed by atoms with Gasteiger partial charge in [0.2, 0.25) is 0 Å². The number of carbonyl (C=O) groups excluding carboxylic acids is 4. The molecule has 288 valence electrons. The SMILES string of the molecule is CCCC(C)n1c2cc(/C=C(/C=O)C(=O)c3ccc(F)cc3C)sc2c2sc3c4sc(/C=C(/C=O)C(=O)c5cc(F)c(F)cc5C)cc4n(C(C)CCC)c3c21. The monoisotopic (exact) mass is 812 g/mol. The van der Waals surface area contributed by atoms with Gasteiger partial charge in [0, 0.05) is 33.0 Å². The van der Waals surface area contributed by atoms with Crippen LogP contribution in [0.15, 0.2) is 53.6 Å². The smallest absolute Gasteiger partial charge is 0.196 e. The summed E-state index contributed by atoms with van der Waals surface area (Å²) in [5.41, 5.74) is 4.96. The van der Waals surface area contributed by atoms with Crippen LogP contribution in [-0.2, 0) is 9.59 Å². The minimum absolute atomic E-state index is 0.0158. The predicted molar refractivity (Wildman–Crippen MR) is 224 cm³/mol. The van der Waals surface area contributed by atoms with Crippen LogP contribution in [0.25, 0.3) is 53.0 Å². The normalized spacial score (nSPS) is 13.7. The molecule has 0 spiro atoms. The summed E-state index contributed by atoms with van der Waals surface area (Å²) >= 11 is 4.66. The maximum absolute atomic E-state index is 14.1. The van der Waals surface area contributed by atoms with E-state index in [1.54, 1.807) is 24.3 Å². The highest BCUT2D eigenvalue weighted by molar-refractivity contribution is 7.34. The zero-order valence-corrected chi connectivity index (χ0v) is 34.2. The van der Waals surface area contributed by atoms with Crippen LogP contribution in [0.3, 0.4) is 0 Å². The fourth-order valence-corrected chi connectivity index (χ4v) is 11.5.